The van der Waals surface area contributed by atoms with E-state index in [9.17, 15) is 0 Å². The maximum Gasteiger partial charge on any atom is 0.224 e. The molecule has 5 heteroatoms. The fourth-order valence-corrected chi connectivity index (χ4v) is 1.91. The third kappa shape index (κ3) is 2.99. The molecule has 0 atom stereocenters. The van der Waals surface area contributed by atoms with Crippen LogP contribution < -0.4 is 4.90 Å². The summed E-state index contributed by atoms with van der Waals surface area (Å²) in [5, 5.41) is 0. The van der Waals surface area contributed by atoms with Gasteiger partial charge in [0.2, 0.25) is 10.7 Å². The predicted octanol–water partition coefficient (Wildman–Crippen LogP) is 2.47. The lowest BCUT2D eigenvalue weighted by Crippen LogP contribution is -2.38. The molecule has 1 rings (SSSR count). The molecule has 1 N–H and O–H groups in total. The molecule has 0 amide bonds. The molecule has 0 aliphatic carbocycles. The largest absolute Gasteiger partial charge is 0.337 e. The van der Waals surface area contributed by atoms with Gasteiger partial charge in [-0.3, -0.25) is 0 Å². The minimum atomic E-state index is 0.380. The number of aryl methyl sites for hydroxylation is 1. The third-order valence-electron chi connectivity index (χ3n) is 2.11. The van der Waals surface area contributed by atoms with Gasteiger partial charge in [-0.1, -0.05) is 0 Å². The number of aromatic amines is 1. The van der Waals surface area contributed by atoms with E-state index in [1.165, 1.54) is 0 Å². The molecule has 1 heterocycles. The van der Waals surface area contributed by atoms with E-state index in [-0.39, 0.29) is 0 Å². The maximum atomic E-state index is 5.01. The van der Waals surface area contributed by atoms with Crippen LogP contribution in [0.5, 0.6) is 0 Å². The standard InChI is InChI=1S/C10H18N4S/c1-6(2)14(7(3)4)9-11-8(5)12-10(15)13-9/h6-7H,1-5H3,(H,11,12,13,15). The first-order valence-electron chi connectivity index (χ1n) is 5.15. The zero-order valence-corrected chi connectivity index (χ0v) is 10.7. The Balaban J connectivity index is 3.17. The van der Waals surface area contributed by atoms with Crippen LogP contribution in [0, 0.1) is 11.7 Å². The van der Waals surface area contributed by atoms with Crippen molar-refractivity contribution in [3.63, 3.8) is 0 Å². The Morgan fingerprint density at radius 1 is 1.13 bits per heavy atom. The third-order valence-corrected chi connectivity index (χ3v) is 2.30. The van der Waals surface area contributed by atoms with Crippen LogP contribution >= 0.6 is 12.2 Å². The van der Waals surface area contributed by atoms with Crippen molar-refractivity contribution < 1.29 is 0 Å². The van der Waals surface area contributed by atoms with Crippen LogP contribution in [-0.2, 0) is 0 Å². The van der Waals surface area contributed by atoms with Crippen molar-refractivity contribution in [3.05, 3.63) is 10.6 Å². The average Bonchev–Trinajstić information content (AvgIpc) is 1.99. The maximum absolute atomic E-state index is 5.01. The zero-order chi connectivity index (χ0) is 11.6. The number of hydrogen-bond donors (Lipinski definition) is 1. The molecule has 0 spiro atoms. The van der Waals surface area contributed by atoms with Gasteiger partial charge in [0.25, 0.3) is 0 Å². The van der Waals surface area contributed by atoms with Gasteiger partial charge < -0.3 is 9.88 Å². The highest BCUT2D eigenvalue weighted by Crippen LogP contribution is 2.14. The minimum Gasteiger partial charge on any atom is -0.337 e. The lowest BCUT2D eigenvalue weighted by atomic mass is 10.2. The monoisotopic (exact) mass is 226 g/mol. The van der Waals surface area contributed by atoms with Crippen LogP contribution in [0.1, 0.15) is 33.5 Å². The molecule has 0 unspecified atom stereocenters. The summed E-state index contributed by atoms with van der Waals surface area (Å²) in [6.07, 6.45) is 0. The molecule has 4 nitrogen and oxygen atoms in total. The van der Waals surface area contributed by atoms with Crippen molar-refractivity contribution in [1.29, 1.82) is 0 Å². The highest BCUT2D eigenvalue weighted by atomic mass is 32.1. The summed E-state index contributed by atoms with van der Waals surface area (Å²) >= 11 is 5.01. The van der Waals surface area contributed by atoms with Crippen LogP contribution in [0.15, 0.2) is 0 Å². The molecule has 0 aliphatic heterocycles. The van der Waals surface area contributed by atoms with Gasteiger partial charge in [0, 0.05) is 12.1 Å². The van der Waals surface area contributed by atoms with Crippen LogP contribution in [0.2, 0.25) is 0 Å². The minimum absolute atomic E-state index is 0.380. The Kier molecular flexibility index (Phi) is 3.79. The van der Waals surface area contributed by atoms with Gasteiger partial charge in [0.1, 0.15) is 5.82 Å². The fourth-order valence-electron chi connectivity index (χ4n) is 1.68. The van der Waals surface area contributed by atoms with Crippen LogP contribution in [0.3, 0.4) is 0 Å². The number of aromatic nitrogens is 3. The number of anilines is 1. The van der Waals surface area contributed by atoms with Crippen molar-refractivity contribution in [2.75, 3.05) is 4.90 Å². The molecule has 0 aromatic carbocycles. The molecule has 84 valence electrons. The van der Waals surface area contributed by atoms with Crippen LogP contribution in [-0.4, -0.2) is 27.0 Å². The number of nitrogens with zero attached hydrogens (tertiary/aromatic N) is 3. The normalized spacial score (nSPS) is 11.1. The van der Waals surface area contributed by atoms with E-state index >= 15 is 0 Å². The van der Waals surface area contributed by atoms with Gasteiger partial charge in [-0.25, -0.2) is 4.98 Å². The van der Waals surface area contributed by atoms with Gasteiger partial charge in [0.15, 0.2) is 0 Å². The van der Waals surface area contributed by atoms with Crippen molar-refractivity contribution in [3.8, 4) is 0 Å². The molecular formula is C10H18N4S. The molecule has 0 aliphatic rings. The lowest BCUT2D eigenvalue weighted by Gasteiger charge is -2.31. The summed E-state index contributed by atoms with van der Waals surface area (Å²) in [5.41, 5.74) is 0. The number of nitrogens with one attached hydrogen (secondary N) is 1. The van der Waals surface area contributed by atoms with Crippen LogP contribution in [0.4, 0.5) is 5.95 Å². The summed E-state index contributed by atoms with van der Waals surface area (Å²) in [4.78, 5) is 13.6. The first-order chi connectivity index (χ1) is 6.91. The first-order valence-corrected chi connectivity index (χ1v) is 5.56. The van der Waals surface area contributed by atoms with Gasteiger partial charge in [-0.05, 0) is 46.8 Å². The lowest BCUT2D eigenvalue weighted by molar-refractivity contribution is 0.587. The summed E-state index contributed by atoms with van der Waals surface area (Å²) in [6, 6.07) is 0.759. The molecule has 0 bridgehead atoms. The van der Waals surface area contributed by atoms with E-state index in [2.05, 4.69) is 47.5 Å². The van der Waals surface area contributed by atoms with E-state index in [1.807, 2.05) is 6.92 Å². The van der Waals surface area contributed by atoms with Crippen molar-refractivity contribution in [2.24, 2.45) is 0 Å². The molecule has 1 aromatic heterocycles. The molecular weight excluding hydrogens is 208 g/mol. The Bertz CT molecular complexity index is 375. The number of hydrogen-bond acceptors (Lipinski definition) is 4. The summed E-state index contributed by atoms with van der Waals surface area (Å²) < 4.78 is 0.396. The molecule has 0 saturated carbocycles. The van der Waals surface area contributed by atoms with Gasteiger partial charge in [-0.15, -0.1) is 0 Å². The Labute approximate surface area is 95.8 Å². The second-order valence-electron chi connectivity index (χ2n) is 4.13. The quantitative estimate of drug-likeness (QED) is 0.804. The molecule has 15 heavy (non-hydrogen) atoms. The van der Waals surface area contributed by atoms with Crippen molar-refractivity contribution >= 4 is 18.2 Å². The fraction of sp³-hybridized carbons (Fsp3) is 0.700. The summed E-state index contributed by atoms with van der Waals surface area (Å²) in [6.45, 7) is 10.4. The molecule has 0 fully saturated rings. The Morgan fingerprint density at radius 3 is 2.07 bits per heavy atom. The van der Waals surface area contributed by atoms with Crippen molar-refractivity contribution in [1.82, 2.24) is 15.0 Å². The second-order valence-corrected chi connectivity index (χ2v) is 4.50. The molecule has 0 radical (unpaired) electrons. The highest BCUT2D eigenvalue weighted by molar-refractivity contribution is 7.71. The SMILES string of the molecule is Cc1nc(=S)nc(N(C(C)C)C(C)C)[nH]1. The van der Waals surface area contributed by atoms with Gasteiger partial charge in [-0.2, -0.15) is 4.98 Å². The van der Waals surface area contributed by atoms with Gasteiger partial charge in [0.05, 0.1) is 0 Å². The highest BCUT2D eigenvalue weighted by Gasteiger charge is 2.16. The van der Waals surface area contributed by atoms with E-state index in [1.54, 1.807) is 0 Å². The zero-order valence-electron chi connectivity index (χ0n) is 9.90. The number of H-pyrrole nitrogens is 1. The van der Waals surface area contributed by atoms with Gasteiger partial charge >= 0.3 is 0 Å². The molecule has 0 saturated heterocycles. The summed E-state index contributed by atoms with van der Waals surface area (Å²) in [7, 11) is 0. The molecule has 1 aromatic rings. The summed E-state index contributed by atoms with van der Waals surface area (Å²) in [5.74, 6) is 1.61. The first kappa shape index (κ1) is 12.1. The predicted molar refractivity (Wildman–Crippen MR) is 64.7 cm³/mol. The van der Waals surface area contributed by atoms with E-state index in [0.717, 1.165) is 11.8 Å². The Morgan fingerprint density at radius 2 is 1.67 bits per heavy atom. The topological polar surface area (TPSA) is 44.8 Å². The van der Waals surface area contributed by atoms with Crippen molar-refractivity contribution in [2.45, 2.75) is 46.7 Å². The smallest absolute Gasteiger partial charge is 0.224 e. The second kappa shape index (κ2) is 4.70. The Hall–Kier alpha value is -0.970. The number of rotatable bonds is 3. The van der Waals surface area contributed by atoms with E-state index < -0.39 is 0 Å². The van der Waals surface area contributed by atoms with E-state index in [4.69, 9.17) is 12.2 Å². The average molecular weight is 226 g/mol. The van der Waals surface area contributed by atoms with E-state index in [0.29, 0.717) is 16.9 Å². The van der Waals surface area contributed by atoms with Crippen LogP contribution in [0.25, 0.3) is 0 Å².